The zero-order valence-corrected chi connectivity index (χ0v) is 22.3. The van der Waals surface area contributed by atoms with Gasteiger partial charge in [-0.25, -0.2) is 13.8 Å². The molecule has 0 radical (unpaired) electrons. The lowest BCUT2D eigenvalue weighted by molar-refractivity contribution is -0.119. The lowest BCUT2D eigenvalue weighted by atomic mass is 10.2. The second kappa shape index (κ2) is 11.2. The van der Waals surface area contributed by atoms with Crippen molar-refractivity contribution in [3.8, 4) is 5.69 Å². The fraction of sp³-hybridized carbons (Fsp3) is 0.115. The summed E-state index contributed by atoms with van der Waals surface area (Å²) in [5.41, 5.74) is 6.09. The van der Waals surface area contributed by atoms with E-state index in [2.05, 4.69) is 15.5 Å². The van der Waals surface area contributed by atoms with E-state index in [-0.39, 0.29) is 10.6 Å². The molecule has 2 aromatic heterocycles. The highest BCUT2D eigenvalue weighted by Gasteiger charge is 2.27. The molecule has 1 amide bonds. The number of amides is 1. The summed E-state index contributed by atoms with van der Waals surface area (Å²) >= 11 is 12.2. The number of hydrogen-bond acceptors (Lipinski definition) is 5. The molecule has 0 bridgehead atoms. The predicted molar refractivity (Wildman–Crippen MR) is 146 cm³/mol. The minimum absolute atomic E-state index is 0.0601. The standard InChI is InChI=1S/C26H23Cl2N5O3S/c1-18-13-20(19(2)33(18)21-10-11-24(27)25(28)14-21)15-30-31-26(34)17-32(22-7-6-12-29-16-22)37(35,36)23-8-4-3-5-9-23/h3-16H,17H2,1-2H3,(H,31,34)/b30-15-. The molecular formula is C26H23Cl2N5O3S. The fourth-order valence-corrected chi connectivity index (χ4v) is 5.54. The number of aryl methyl sites for hydroxylation is 1. The largest absolute Gasteiger partial charge is 0.318 e. The smallest absolute Gasteiger partial charge is 0.264 e. The summed E-state index contributed by atoms with van der Waals surface area (Å²) in [6, 6.07) is 18.3. The molecule has 0 fully saturated rings. The number of hydrazone groups is 1. The summed E-state index contributed by atoms with van der Waals surface area (Å²) in [5, 5.41) is 4.97. The molecule has 37 heavy (non-hydrogen) atoms. The number of nitrogens with zero attached hydrogens (tertiary/aromatic N) is 4. The second-order valence-corrected chi connectivity index (χ2v) is 10.8. The molecule has 2 heterocycles. The Kier molecular flexibility index (Phi) is 7.97. The third-order valence-electron chi connectivity index (χ3n) is 5.58. The molecule has 0 unspecified atom stereocenters. The molecular weight excluding hydrogens is 533 g/mol. The van der Waals surface area contributed by atoms with E-state index in [1.165, 1.54) is 30.7 Å². The Morgan fingerprint density at radius 1 is 1.05 bits per heavy atom. The first-order chi connectivity index (χ1) is 17.7. The Labute approximate surface area is 225 Å². The molecule has 0 aliphatic rings. The maximum atomic E-state index is 13.3. The van der Waals surface area contributed by atoms with Crippen LogP contribution in [-0.2, 0) is 14.8 Å². The highest BCUT2D eigenvalue weighted by Crippen LogP contribution is 2.27. The number of halogens is 2. The Hall–Kier alpha value is -3.66. The summed E-state index contributed by atoms with van der Waals surface area (Å²) in [6.45, 7) is 3.36. The molecule has 4 aromatic rings. The topological polar surface area (TPSA) is 96.7 Å². The van der Waals surface area contributed by atoms with E-state index < -0.39 is 22.5 Å². The summed E-state index contributed by atoms with van der Waals surface area (Å²) in [5.74, 6) is -0.613. The average Bonchev–Trinajstić information content (AvgIpc) is 3.17. The van der Waals surface area contributed by atoms with Gasteiger partial charge in [0.15, 0.2) is 0 Å². The Morgan fingerprint density at radius 2 is 1.81 bits per heavy atom. The van der Waals surface area contributed by atoms with Crippen molar-refractivity contribution in [3.63, 3.8) is 0 Å². The van der Waals surface area contributed by atoms with Crippen molar-refractivity contribution in [2.45, 2.75) is 18.7 Å². The average molecular weight is 556 g/mol. The maximum Gasteiger partial charge on any atom is 0.264 e. The molecule has 0 aliphatic heterocycles. The van der Waals surface area contributed by atoms with Gasteiger partial charge in [-0.3, -0.25) is 14.1 Å². The monoisotopic (exact) mass is 555 g/mol. The van der Waals surface area contributed by atoms with Gasteiger partial charge in [0.25, 0.3) is 15.9 Å². The zero-order valence-electron chi connectivity index (χ0n) is 20.0. The molecule has 0 saturated carbocycles. The lowest BCUT2D eigenvalue weighted by Gasteiger charge is -2.23. The Balaban J connectivity index is 1.53. The van der Waals surface area contributed by atoms with Crippen molar-refractivity contribution in [2.75, 3.05) is 10.8 Å². The predicted octanol–water partition coefficient (Wildman–Crippen LogP) is 5.14. The van der Waals surface area contributed by atoms with Gasteiger partial charge in [-0.1, -0.05) is 41.4 Å². The third kappa shape index (κ3) is 5.85. The van der Waals surface area contributed by atoms with Crippen LogP contribution in [0.2, 0.25) is 10.0 Å². The zero-order chi connectivity index (χ0) is 26.6. The van der Waals surface area contributed by atoms with Crippen LogP contribution in [-0.4, -0.2) is 36.6 Å². The molecule has 0 atom stereocenters. The number of pyridine rings is 1. The van der Waals surface area contributed by atoms with Gasteiger partial charge in [0.2, 0.25) is 0 Å². The van der Waals surface area contributed by atoms with Crippen LogP contribution in [0.1, 0.15) is 17.0 Å². The van der Waals surface area contributed by atoms with E-state index >= 15 is 0 Å². The van der Waals surface area contributed by atoms with Crippen molar-refractivity contribution < 1.29 is 13.2 Å². The second-order valence-electron chi connectivity index (χ2n) is 8.09. The number of carbonyl (C=O) groups is 1. The number of nitrogens with one attached hydrogen (secondary N) is 1. The van der Waals surface area contributed by atoms with Gasteiger partial charge in [0, 0.05) is 28.8 Å². The van der Waals surface area contributed by atoms with Crippen LogP contribution in [0.25, 0.3) is 5.69 Å². The fourth-order valence-electron chi connectivity index (χ4n) is 3.82. The highest BCUT2D eigenvalue weighted by atomic mass is 35.5. The van der Waals surface area contributed by atoms with Gasteiger partial charge in [0.05, 0.1) is 33.0 Å². The van der Waals surface area contributed by atoms with E-state index in [0.717, 1.165) is 26.9 Å². The SMILES string of the molecule is Cc1cc(/C=N\NC(=O)CN(c2cccnc2)S(=O)(=O)c2ccccc2)c(C)n1-c1ccc(Cl)c(Cl)c1. The molecule has 190 valence electrons. The molecule has 2 aromatic carbocycles. The molecule has 1 N–H and O–H groups in total. The van der Waals surface area contributed by atoms with Crippen LogP contribution < -0.4 is 9.73 Å². The van der Waals surface area contributed by atoms with Crippen LogP contribution in [0, 0.1) is 13.8 Å². The number of benzene rings is 2. The first-order valence-electron chi connectivity index (χ1n) is 11.1. The first kappa shape index (κ1) is 26.4. The summed E-state index contributed by atoms with van der Waals surface area (Å²) < 4.78 is 29.6. The number of carbonyl (C=O) groups excluding carboxylic acids is 1. The quantitative estimate of drug-likeness (QED) is 0.240. The van der Waals surface area contributed by atoms with Gasteiger partial charge in [0.1, 0.15) is 6.54 Å². The van der Waals surface area contributed by atoms with Crippen molar-refractivity contribution in [2.24, 2.45) is 5.10 Å². The summed E-state index contributed by atoms with van der Waals surface area (Å²) in [6.07, 6.45) is 4.42. The number of aromatic nitrogens is 2. The summed E-state index contributed by atoms with van der Waals surface area (Å²) in [4.78, 5) is 16.8. The number of sulfonamides is 1. The molecule has 0 aliphatic carbocycles. The first-order valence-corrected chi connectivity index (χ1v) is 13.3. The Bertz CT molecular complexity index is 1560. The third-order valence-corrected chi connectivity index (χ3v) is 8.10. The van der Waals surface area contributed by atoms with Crippen molar-refractivity contribution in [3.05, 3.63) is 106 Å². The van der Waals surface area contributed by atoms with Crippen LogP contribution in [0.3, 0.4) is 0 Å². The minimum atomic E-state index is -4.02. The molecule has 0 spiro atoms. The van der Waals surface area contributed by atoms with Crippen LogP contribution in [0.15, 0.2) is 89.1 Å². The highest BCUT2D eigenvalue weighted by molar-refractivity contribution is 7.92. The van der Waals surface area contributed by atoms with E-state index in [9.17, 15) is 13.2 Å². The van der Waals surface area contributed by atoms with Gasteiger partial charge in [-0.2, -0.15) is 5.10 Å². The molecule has 11 heteroatoms. The van der Waals surface area contributed by atoms with Crippen molar-refractivity contribution in [1.29, 1.82) is 0 Å². The van der Waals surface area contributed by atoms with Gasteiger partial charge in [-0.05, 0) is 62.4 Å². The molecule has 0 saturated heterocycles. The number of anilines is 1. The minimum Gasteiger partial charge on any atom is -0.318 e. The van der Waals surface area contributed by atoms with Crippen LogP contribution in [0.5, 0.6) is 0 Å². The van der Waals surface area contributed by atoms with Crippen LogP contribution in [0.4, 0.5) is 5.69 Å². The van der Waals surface area contributed by atoms with Crippen molar-refractivity contribution >= 4 is 51.0 Å². The van der Waals surface area contributed by atoms with E-state index in [1.54, 1.807) is 42.5 Å². The van der Waals surface area contributed by atoms with Crippen molar-refractivity contribution in [1.82, 2.24) is 15.0 Å². The lowest BCUT2D eigenvalue weighted by Crippen LogP contribution is -2.39. The number of rotatable bonds is 8. The summed E-state index contributed by atoms with van der Waals surface area (Å²) in [7, 11) is -4.02. The Morgan fingerprint density at radius 3 is 2.49 bits per heavy atom. The maximum absolute atomic E-state index is 13.3. The van der Waals surface area contributed by atoms with Crippen LogP contribution >= 0.6 is 23.2 Å². The van der Waals surface area contributed by atoms with Gasteiger partial charge >= 0.3 is 0 Å². The van der Waals surface area contributed by atoms with E-state index in [4.69, 9.17) is 23.2 Å². The van der Waals surface area contributed by atoms with E-state index in [1.807, 2.05) is 30.5 Å². The van der Waals surface area contributed by atoms with Gasteiger partial charge in [-0.15, -0.1) is 0 Å². The van der Waals surface area contributed by atoms with E-state index in [0.29, 0.717) is 10.0 Å². The van der Waals surface area contributed by atoms with Gasteiger partial charge < -0.3 is 4.57 Å². The number of hydrogen-bond donors (Lipinski definition) is 1. The molecule has 8 nitrogen and oxygen atoms in total. The normalized spacial score (nSPS) is 11.6. The molecule has 4 rings (SSSR count).